The SMILES string of the molecule is CO[C@@H]1[C@H](OCOC[C@H]2O[C@@H](n3cnc4c(=O)[nH]c(N)nc43)[C@H](O)[C@@H]2O)[C@@H](COP(=O)(O)OP(=O)(O)OP(=O)(O)OC[C@H]2O[C@@H]([n+]3cn(C)c4c(=O)[nH]c(N)nc43)[C@H](O)[C@@H]2CC(=O)N(C)C)O[C@H]1n1cnc2c(N)ncnc21. The number of phosphoric ester groups is 2. The molecule has 14 N–H and O–H groups in total. The third kappa shape index (κ3) is 11.5. The van der Waals surface area contributed by atoms with Gasteiger partial charge in [-0.25, -0.2) is 38.2 Å². The predicted octanol–water partition coefficient (Wildman–Crippen LogP) is -4.12. The number of nitrogens with one attached hydrogen (secondary N) is 2. The number of carbonyl (C=O) groups excluding carboxylic acids is 1. The van der Waals surface area contributed by atoms with Crippen LogP contribution in [0.5, 0.6) is 0 Å². The summed E-state index contributed by atoms with van der Waals surface area (Å²) in [6, 6.07) is 0. The van der Waals surface area contributed by atoms with E-state index in [4.69, 9.17) is 54.7 Å². The van der Waals surface area contributed by atoms with Crippen LogP contribution < -0.4 is 32.9 Å². The standard InChI is InChI=1S/C37H51N16O22P3/c1-49(2)18(54)5-14-15(71-33(22(14)55)53-12-50(3)21-30(53)46-37(40)48-32(21)59)7-69-76(60,61)74-78(64,65)75-77(62,63)70-8-17-25(26(66-4)35(73-17)51-10-43-19-27(38)41-9-42-28(19)51)68-13-67-6-16-23(56)24(57)34(72-16)52-11-44-20-29(52)45-36(39)47-31(20)58/h9-12,14-17,22-26,33-35,55-57H,5-8,13H2,1-4H3,(H10-,38,39,40,41,42,45,46,47,48,58,59,60,61,62,63,64,65)/p+1/t14-,15-,16-,17-,22-,23-,24-,25-,26-,33-,34-,35-/m1/s1. The summed E-state index contributed by atoms with van der Waals surface area (Å²) in [6.07, 6.45) is -10.9. The fourth-order valence-electron chi connectivity index (χ4n) is 9.03. The molecule has 9 heterocycles. The van der Waals surface area contributed by atoms with E-state index in [2.05, 4.69) is 48.5 Å². The average Bonchev–Trinajstić information content (AvgIpc) is 4.38. The molecule has 78 heavy (non-hydrogen) atoms. The molecule has 38 nitrogen and oxygen atoms in total. The summed E-state index contributed by atoms with van der Waals surface area (Å²) in [4.78, 5) is 100. The minimum atomic E-state index is -6.13. The number of fused-ring (bicyclic) bond motifs is 3. The van der Waals surface area contributed by atoms with Crippen LogP contribution >= 0.6 is 23.5 Å². The maximum absolute atomic E-state index is 13.3. The number of nitrogens with zero attached hydrogens (tertiary/aromatic N) is 11. The minimum Gasteiger partial charge on any atom is -0.387 e. The highest BCUT2D eigenvalue weighted by Crippen LogP contribution is 2.68. The molecule has 0 spiro atoms. The molecule has 3 aliphatic heterocycles. The smallest absolute Gasteiger partial charge is 0.387 e. The number of aliphatic hydroxyl groups excluding tert-OH is 3. The summed E-state index contributed by atoms with van der Waals surface area (Å²) in [5.41, 5.74) is 16.2. The second kappa shape index (κ2) is 22.0. The number of imidazole rings is 3. The molecular weight excluding hydrogens is 1110 g/mol. The van der Waals surface area contributed by atoms with Crippen molar-refractivity contribution in [3.8, 4) is 0 Å². The first-order valence-electron chi connectivity index (χ1n) is 22.8. The minimum absolute atomic E-state index is 0.00241. The number of amides is 1. The van der Waals surface area contributed by atoms with E-state index in [0.29, 0.717) is 0 Å². The molecule has 3 aliphatic rings. The van der Waals surface area contributed by atoms with Crippen LogP contribution in [0.2, 0.25) is 0 Å². The first kappa shape index (κ1) is 56.9. The molecular formula is C37H52N16O22P3+. The van der Waals surface area contributed by atoms with Crippen LogP contribution in [0.15, 0.2) is 34.9 Å². The topological polar surface area (TPSA) is 525 Å². The van der Waals surface area contributed by atoms with Gasteiger partial charge >= 0.3 is 29.1 Å². The van der Waals surface area contributed by atoms with E-state index in [1.807, 2.05) is 0 Å². The number of carbonyl (C=O) groups is 1. The number of ether oxygens (including phenoxy) is 6. The van der Waals surface area contributed by atoms with Gasteiger partial charge in [0, 0.05) is 33.5 Å². The number of aromatic nitrogens is 12. The number of H-pyrrole nitrogens is 2. The zero-order valence-electron chi connectivity index (χ0n) is 41.0. The van der Waals surface area contributed by atoms with Crippen LogP contribution in [-0.2, 0) is 71.6 Å². The largest absolute Gasteiger partial charge is 0.490 e. The Balaban J connectivity index is 0.854. The Kier molecular flexibility index (Phi) is 16.1. The van der Waals surface area contributed by atoms with Crippen molar-refractivity contribution >= 4 is 80.6 Å². The van der Waals surface area contributed by atoms with Crippen molar-refractivity contribution in [1.29, 1.82) is 0 Å². The van der Waals surface area contributed by atoms with Gasteiger partial charge in [0.15, 0.2) is 41.4 Å². The number of aromatic amines is 2. The molecule has 3 unspecified atom stereocenters. The highest BCUT2D eigenvalue weighted by Gasteiger charge is 2.52. The number of aliphatic hydroxyl groups is 3. The van der Waals surface area contributed by atoms with Crippen LogP contribution in [0, 0.1) is 5.92 Å². The molecule has 3 saturated heterocycles. The van der Waals surface area contributed by atoms with Crippen molar-refractivity contribution in [3.05, 3.63) is 46.0 Å². The molecule has 41 heteroatoms. The van der Waals surface area contributed by atoms with Crippen molar-refractivity contribution in [1.82, 2.24) is 58.5 Å². The predicted molar refractivity (Wildman–Crippen MR) is 255 cm³/mol. The van der Waals surface area contributed by atoms with E-state index in [0.717, 1.165) is 12.7 Å². The fraction of sp³-hybridized carbons (Fsp3) is 0.568. The van der Waals surface area contributed by atoms with Crippen LogP contribution in [0.25, 0.3) is 33.5 Å². The van der Waals surface area contributed by atoms with Crippen molar-refractivity contribution in [2.24, 2.45) is 13.0 Å². The number of rotatable bonds is 21. The molecule has 0 aromatic carbocycles. The van der Waals surface area contributed by atoms with Gasteiger partial charge < -0.3 is 80.5 Å². The van der Waals surface area contributed by atoms with Crippen molar-refractivity contribution in [2.75, 3.05) is 65.0 Å². The van der Waals surface area contributed by atoms with Gasteiger partial charge in [0.2, 0.25) is 23.6 Å². The quantitative estimate of drug-likeness (QED) is 0.0141. The lowest BCUT2D eigenvalue weighted by Crippen LogP contribution is -2.45. The van der Waals surface area contributed by atoms with E-state index in [-0.39, 0.29) is 51.2 Å². The number of hydrogen-bond donors (Lipinski definition) is 11. The van der Waals surface area contributed by atoms with E-state index in [9.17, 15) is 58.1 Å². The molecule has 9 rings (SSSR count). The maximum atomic E-state index is 13.3. The second-order valence-corrected chi connectivity index (χ2v) is 22.6. The lowest BCUT2D eigenvalue weighted by atomic mass is 9.94. The van der Waals surface area contributed by atoms with E-state index < -0.39 is 147 Å². The van der Waals surface area contributed by atoms with Gasteiger partial charge in [-0.3, -0.25) is 47.1 Å². The number of nitrogens with two attached hydrogens (primary N) is 3. The number of anilines is 3. The third-order valence-electron chi connectivity index (χ3n) is 12.6. The summed E-state index contributed by atoms with van der Waals surface area (Å²) in [7, 11) is -12.2. The molecule has 6 aromatic heterocycles. The molecule has 15 atom stereocenters. The van der Waals surface area contributed by atoms with Gasteiger partial charge in [0.1, 0.15) is 61.4 Å². The van der Waals surface area contributed by atoms with E-state index >= 15 is 0 Å². The molecule has 6 aromatic rings. The normalized spacial score (nSPS) is 28.8. The number of hydrogen-bond acceptors (Lipinski definition) is 28. The van der Waals surface area contributed by atoms with Gasteiger partial charge in [-0.1, -0.05) is 4.98 Å². The Labute approximate surface area is 435 Å². The lowest BCUT2D eigenvalue weighted by molar-refractivity contribution is -0.745. The second-order valence-electron chi connectivity index (χ2n) is 17.9. The van der Waals surface area contributed by atoms with Gasteiger partial charge in [0.05, 0.1) is 45.6 Å². The summed E-state index contributed by atoms with van der Waals surface area (Å²) in [6.45, 7) is -3.13. The van der Waals surface area contributed by atoms with Crippen molar-refractivity contribution in [3.63, 3.8) is 0 Å². The summed E-state index contributed by atoms with van der Waals surface area (Å²) in [5.74, 6) is -2.26. The zero-order valence-corrected chi connectivity index (χ0v) is 43.7. The number of aryl methyl sites for hydroxylation is 1. The summed E-state index contributed by atoms with van der Waals surface area (Å²) < 4.78 is 98.8. The first-order valence-corrected chi connectivity index (χ1v) is 27.3. The Bertz CT molecular complexity index is 3490. The number of nitrogen functional groups attached to an aromatic ring is 3. The molecule has 0 bridgehead atoms. The molecule has 426 valence electrons. The number of methoxy groups -OCH3 is 1. The molecule has 3 fully saturated rings. The summed E-state index contributed by atoms with van der Waals surface area (Å²) in [5, 5.41) is 33.3. The number of phosphoric acid groups is 3. The van der Waals surface area contributed by atoms with Gasteiger partial charge in [-0.2, -0.15) is 13.6 Å². The van der Waals surface area contributed by atoms with E-state index in [1.54, 1.807) is 0 Å². The Morgan fingerprint density at radius 2 is 1.40 bits per heavy atom. The van der Waals surface area contributed by atoms with Crippen LogP contribution in [0.3, 0.4) is 0 Å². The molecule has 0 saturated carbocycles. The van der Waals surface area contributed by atoms with Crippen LogP contribution in [0.1, 0.15) is 25.1 Å². The average molecular weight is 1170 g/mol. The van der Waals surface area contributed by atoms with Crippen LogP contribution in [-0.4, -0.2) is 191 Å². The monoisotopic (exact) mass is 1170 g/mol. The highest BCUT2D eigenvalue weighted by atomic mass is 31.3. The molecule has 0 radical (unpaired) electrons. The Morgan fingerprint density at radius 1 is 0.769 bits per heavy atom. The highest BCUT2D eigenvalue weighted by molar-refractivity contribution is 7.66. The zero-order chi connectivity index (χ0) is 56.3. The Hall–Kier alpha value is -5.83. The molecule has 1 amide bonds. The van der Waals surface area contributed by atoms with Crippen LogP contribution in [0.4, 0.5) is 17.7 Å². The maximum Gasteiger partial charge on any atom is 0.490 e. The van der Waals surface area contributed by atoms with Gasteiger partial charge in [-0.15, -0.1) is 0 Å². The summed E-state index contributed by atoms with van der Waals surface area (Å²) >= 11 is 0. The first-order chi connectivity index (χ1) is 36.8. The van der Waals surface area contributed by atoms with Gasteiger partial charge in [0.25, 0.3) is 17.1 Å². The van der Waals surface area contributed by atoms with E-state index in [1.165, 1.54) is 64.1 Å². The fourth-order valence-corrected chi connectivity index (χ4v) is 12.5. The third-order valence-corrected chi connectivity index (χ3v) is 16.9. The van der Waals surface area contributed by atoms with Gasteiger partial charge in [-0.05, 0) is 0 Å². The Morgan fingerprint density at radius 3 is 2.08 bits per heavy atom. The lowest BCUT2D eigenvalue weighted by Gasteiger charge is -2.24. The molecule has 0 aliphatic carbocycles. The van der Waals surface area contributed by atoms with Crippen molar-refractivity contribution < 1.29 is 99.1 Å². The van der Waals surface area contributed by atoms with Crippen molar-refractivity contribution in [2.45, 2.75) is 73.9 Å².